The van der Waals surface area contributed by atoms with Gasteiger partial charge >= 0.3 is 5.97 Å². The quantitative estimate of drug-likeness (QED) is 0.545. The van der Waals surface area contributed by atoms with E-state index in [1.165, 1.54) is 19.2 Å². The van der Waals surface area contributed by atoms with Gasteiger partial charge in [-0.05, 0) is 43.0 Å². The minimum absolute atomic E-state index is 0. The lowest BCUT2D eigenvalue weighted by Gasteiger charge is -2.25. The fourth-order valence-corrected chi connectivity index (χ4v) is 4.76. The first-order chi connectivity index (χ1) is 14.1. The van der Waals surface area contributed by atoms with Crippen molar-refractivity contribution < 1.29 is 18.3 Å². The number of carboxylic acid groups (broad SMARTS) is 1. The van der Waals surface area contributed by atoms with E-state index in [1.54, 1.807) is 24.5 Å². The van der Waals surface area contributed by atoms with Gasteiger partial charge in [0.15, 0.2) is 0 Å². The molecule has 0 saturated carbocycles. The number of imidazole rings is 1. The molecule has 0 amide bonds. The molecule has 10 heteroatoms. The molecule has 0 aliphatic rings. The fraction of sp³-hybridized carbons (Fsp3) is 0.381. The number of carbonyl (C=O) groups is 1. The maximum Gasteiger partial charge on any atom is 0.322 e. The van der Waals surface area contributed by atoms with Crippen molar-refractivity contribution in [3.05, 3.63) is 54.1 Å². The van der Waals surface area contributed by atoms with Crippen LogP contribution in [0.15, 0.2) is 47.6 Å². The van der Waals surface area contributed by atoms with E-state index in [2.05, 4.69) is 9.97 Å². The third-order valence-electron chi connectivity index (χ3n) is 5.10. The summed E-state index contributed by atoms with van der Waals surface area (Å²) in [5.74, 6) is -0.259. The van der Waals surface area contributed by atoms with Gasteiger partial charge in [-0.3, -0.25) is 9.78 Å². The molecule has 168 valence electrons. The zero-order chi connectivity index (χ0) is 22.1. The first-order valence-electron chi connectivity index (χ1n) is 9.68. The van der Waals surface area contributed by atoms with Crippen LogP contribution >= 0.6 is 12.4 Å². The number of aromatic nitrogens is 3. The average Bonchev–Trinajstić information content (AvgIpc) is 3.01. The van der Waals surface area contributed by atoms with E-state index in [-0.39, 0.29) is 29.6 Å². The molecule has 0 aliphatic heterocycles. The minimum Gasteiger partial charge on any atom is -0.480 e. The molecule has 0 spiro atoms. The minimum atomic E-state index is -3.93. The smallest absolute Gasteiger partial charge is 0.322 e. The molecule has 0 bridgehead atoms. The molecular weight excluding hydrogens is 440 g/mol. The Kier molecular flexibility index (Phi) is 7.80. The number of benzene rings is 1. The van der Waals surface area contributed by atoms with Crippen LogP contribution in [0, 0.1) is 12.8 Å². The largest absolute Gasteiger partial charge is 0.480 e. The van der Waals surface area contributed by atoms with E-state index >= 15 is 0 Å². The van der Waals surface area contributed by atoms with Crippen molar-refractivity contribution >= 4 is 39.4 Å². The Morgan fingerprint density at radius 1 is 1.19 bits per heavy atom. The number of hydrogen-bond acceptors (Lipinski definition) is 5. The lowest BCUT2D eigenvalue weighted by molar-refractivity contribution is -0.141. The van der Waals surface area contributed by atoms with Crippen LogP contribution in [0.1, 0.15) is 31.7 Å². The first-order valence-corrected chi connectivity index (χ1v) is 11.1. The Morgan fingerprint density at radius 3 is 2.42 bits per heavy atom. The second-order valence-corrected chi connectivity index (χ2v) is 9.76. The predicted octanol–water partition coefficient (Wildman–Crippen LogP) is 3.33. The summed E-state index contributed by atoms with van der Waals surface area (Å²) in [7, 11) is -2.61. The van der Waals surface area contributed by atoms with Crippen LogP contribution < -0.4 is 0 Å². The first kappa shape index (κ1) is 24.8. The number of sulfonamides is 1. The normalized spacial score (nSPS) is 12.8. The lowest BCUT2D eigenvalue weighted by Crippen LogP contribution is -2.43. The van der Waals surface area contributed by atoms with Gasteiger partial charge in [-0.1, -0.05) is 26.0 Å². The molecule has 2 aromatic heterocycles. The predicted molar refractivity (Wildman–Crippen MR) is 121 cm³/mol. The number of aryl methyl sites for hydroxylation is 1. The second-order valence-electron chi connectivity index (χ2n) is 7.76. The van der Waals surface area contributed by atoms with Crippen LogP contribution in [-0.4, -0.2) is 51.4 Å². The van der Waals surface area contributed by atoms with Gasteiger partial charge in [0, 0.05) is 19.8 Å². The number of halogens is 1. The van der Waals surface area contributed by atoms with Crippen LogP contribution in [-0.2, 0) is 21.4 Å². The molecule has 0 radical (unpaired) electrons. The van der Waals surface area contributed by atoms with Crippen LogP contribution in [0.4, 0.5) is 0 Å². The van der Waals surface area contributed by atoms with Crippen LogP contribution in [0.25, 0.3) is 11.0 Å². The second kappa shape index (κ2) is 9.76. The molecule has 8 nitrogen and oxygen atoms in total. The maximum atomic E-state index is 13.0. The molecule has 31 heavy (non-hydrogen) atoms. The summed E-state index contributed by atoms with van der Waals surface area (Å²) in [6, 6.07) is 7.31. The van der Waals surface area contributed by atoms with E-state index in [1.807, 2.05) is 31.4 Å². The highest BCUT2D eigenvalue weighted by Gasteiger charge is 2.33. The van der Waals surface area contributed by atoms with Crippen LogP contribution in [0.5, 0.6) is 0 Å². The van der Waals surface area contributed by atoms with Gasteiger partial charge in [-0.25, -0.2) is 13.4 Å². The molecule has 0 saturated heterocycles. The topological polar surface area (TPSA) is 105 Å². The van der Waals surface area contributed by atoms with Gasteiger partial charge in [-0.2, -0.15) is 4.31 Å². The molecular formula is C21H27ClN4O4S. The van der Waals surface area contributed by atoms with Crippen molar-refractivity contribution in [1.29, 1.82) is 0 Å². The van der Waals surface area contributed by atoms with Crippen LogP contribution in [0.3, 0.4) is 0 Å². The molecule has 0 unspecified atom stereocenters. The standard InChI is InChI=1S/C21H26N4O4S.ClH/c1-14(2)11-20(21(26)27)24(4)30(28,29)17-7-5-16(6-8-17)13-25-15(3)23-18-12-22-10-9-19(18)25;/h5-10,12,14,20H,11,13H2,1-4H3,(H,26,27);1H/t20-;/m0./s1. The Morgan fingerprint density at radius 2 is 1.84 bits per heavy atom. The van der Waals surface area contributed by atoms with Crippen molar-refractivity contribution in [2.24, 2.45) is 5.92 Å². The molecule has 0 aliphatic carbocycles. The summed E-state index contributed by atoms with van der Waals surface area (Å²) in [6.07, 6.45) is 3.66. The molecule has 1 aromatic carbocycles. The summed E-state index contributed by atoms with van der Waals surface area (Å²) in [5, 5.41) is 9.48. The van der Waals surface area contributed by atoms with Crippen molar-refractivity contribution in [2.75, 3.05) is 7.05 Å². The highest BCUT2D eigenvalue weighted by atomic mass is 35.5. The molecule has 3 rings (SSSR count). The van der Waals surface area contributed by atoms with Gasteiger partial charge < -0.3 is 9.67 Å². The van der Waals surface area contributed by atoms with E-state index in [0.717, 1.165) is 26.7 Å². The SMILES string of the molecule is Cc1nc2cnccc2n1Cc1ccc(S(=O)(=O)N(C)[C@@H](CC(C)C)C(=O)O)cc1.Cl. The summed E-state index contributed by atoms with van der Waals surface area (Å²) >= 11 is 0. The van der Waals surface area contributed by atoms with Crippen molar-refractivity contribution in [2.45, 2.75) is 44.7 Å². The third kappa shape index (κ3) is 5.23. The van der Waals surface area contributed by atoms with E-state index in [9.17, 15) is 18.3 Å². The Hall–Kier alpha value is -2.49. The molecule has 1 atom stereocenters. The van der Waals surface area contributed by atoms with Crippen molar-refractivity contribution in [3.63, 3.8) is 0 Å². The number of aliphatic carboxylic acids is 1. The summed E-state index contributed by atoms with van der Waals surface area (Å²) in [4.78, 5) is 20.3. The number of nitrogens with zero attached hydrogens (tertiary/aromatic N) is 4. The summed E-state index contributed by atoms with van der Waals surface area (Å²) < 4.78 is 28.9. The van der Waals surface area contributed by atoms with Gasteiger partial charge in [0.1, 0.15) is 17.4 Å². The van der Waals surface area contributed by atoms with Gasteiger partial charge in [0.2, 0.25) is 10.0 Å². The zero-order valence-corrected chi connectivity index (χ0v) is 19.5. The Labute approximate surface area is 188 Å². The van der Waals surface area contributed by atoms with Gasteiger partial charge in [0.25, 0.3) is 0 Å². The van der Waals surface area contributed by atoms with Crippen molar-refractivity contribution in [1.82, 2.24) is 18.8 Å². The molecule has 1 N–H and O–H groups in total. The lowest BCUT2D eigenvalue weighted by atomic mass is 10.0. The van der Waals surface area contributed by atoms with Gasteiger partial charge in [-0.15, -0.1) is 12.4 Å². The number of likely N-dealkylation sites (N-methyl/N-ethyl adjacent to an activating group) is 1. The summed E-state index contributed by atoms with van der Waals surface area (Å²) in [6.45, 7) is 6.17. The number of pyridine rings is 1. The molecule has 3 aromatic rings. The highest BCUT2D eigenvalue weighted by Crippen LogP contribution is 2.22. The molecule has 2 heterocycles. The van der Waals surface area contributed by atoms with E-state index < -0.39 is 22.0 Å². The van der Waals surface area contributed by atoms with Gasteiger partial charge in [0.05, 0.1) is 16.6 Å². The van der Waals surface area contributed by atoms with E-state index in [0.29, 0.717) is 6.54 Å². The zero-order valence-electron chi connectivity index (χ0n) is 17.9. The third-order valence-corrected chi connectivity index (χ3v) is 6.98. The Balaban J connectivity index is 0.00000341. The Bertz CT molecular complexity index is 1160. The van der Waals surface area contributed by atoms with Crippen LogP contribution in [0.2, 0.25) is 0 Å². The fourth-order valence-electron chi connectivity index (χ4n) is 3.44. The van der Waals surface area contributed by atoms with E-state index in [4.69, 9.17) is 0 Å². The average molecular weight is 467 g/mol. The highest BCUT2D eigenvalue weighted by molar-refractivity contribution is 7.89. The maximum absolute atomic E-state index is 13.0. The summed E-state index contributed by atoms with van der Waals surface area (Å²) in [5.41, 5.74) is 2.67. The number of rotatable bonds is 8. The monoisotopic (exact) mass is 466 g/mol. The number of fused-ring (bicyclic) bond motifs is 1. The number of hydrogen-bond donors (Lipinski definition) is 1. The number of carboxylic acids is 1. The van der Waals surface area contributed by atoms with Crippen molar-refractivity contribution in [3.8, 4) is 0 Å². The molecule has 0 fully saturated rings.